The van der Waals surface area contributed by atoms with Gasteiger partial charge < -0.3 is 0 Å². The molecule has 0 saturated carbocycles. The van der Waals surface area contributed by atoms with Gasteiger partial charge in [-0.2, -0.15) is 0 Å². The van der Waals surface area contributed by atoms with E-state index in [9.17, 15) is 0 Å². The third kappa shape index (κ3) is 1.77. The summed E-state index contributed by atoms with van der Waals surface area (Å²) in [4.78, 5) is 0. The average molecular weight is 236 g/mol. The molecule has 18 heavy (non-hydrogen) atoms. The molecule has 3 aromatic rings. The molecule has 1 heteroatoms. The van der Waals surface area contributed by atoms with Crippen LogP contribution in [0.4, 0.5) is 5.69 Å². The van der Waals surface area contributed by atoms with Gasteiger partial charge in [0.05, 0.1) is 21.1 Å². The van der Waals surface area contributed by atoms with Crippen molar-refractivity contribution in [3.05, 3.63) is 54.6 Å². The van der Waals surface area contributed by atoms with E-state index < -0.39 is 0 Å². The fourth-order valence-corrected chi connectivity index (χ4v) is 2.54. The second-order valence-electron chi connectivity index (χ2n) is 5.71. The molecule has 0 radical (unpaired) electrons. The molecule has 0 heterocycles. The second kappa shape index (κ2) is 3.82. The van der Waals surface area contributed by atoms with Crippen LogP contribution in [0.2, 0.25) is 0 Å². The second-order valence-corrected chi connectivity index (χ2v) is 5.71. The lowest BCUT2D eigenvalue weighted by atomic mass is 10.0. The van der Waals surface area contributed by atoms with Crippen LogP contribution in [0, 0.1) is 0 Å². The van der Waals surface area contributed by atoms with Crippen molar-refractivity contribution in [3.63, 3.8) is 0 Å². The molecule has 0 fully saturated rings. The third-order valence-corrected chi connectivity index (χ3v) is 3.45. The number of hydrogen-bond donors (Lipinski definition) is 0. The molecule has 0 spiro atoms. The Kier molecular flexibility index (Phi) is 2.39. The minimum absolute atomic E-state index is 0.843. The summed E-state index contributed by atoms with van der Waals surface area (Å²) in [5, 5.41) is 5.29. The maximum atomic E-state index is 2.31. The quantitative estimate of drug-likeness (QED) is 0.439. The zero-order valence-corrected chi connectivity index (χ0v) is 11.1. The monoisotopic (exact) mass is 236 g/mol. The molecule has 0 saturated heterocycles. The van der Waals surface area contributed by atoms with Gasteiger partial charge in [-0.15, -0.1) is 0 Å². The molecule has 90 valence electrons. The van der Waals surface area contributed by atoms with Crippen molar-refractivity contribution < 1.29 is 0 Å². The summed E-state index contributed by atoms with van der Waals surface area (Å²) in [6, 6.07) is 19.7. The van der Waals surface area contributed by atoms with Crippen molar-refractivity contribution in [2.24, 2.45) is 0 Å². The molecular weight excluding hydrogens is 218 g/mol. The zero-order chi connectivity index (χ0) is 12.8. The Morgan fingerprint density at radius 2 is 1.28 bits per heavy atom. The normalized spacial score (nSPS) is 12.2. The molecule has 3 rings (SSSR count). The molecule has 0 amide bonds. The molecule has 0 bridgehead atoms. The van der Waals surface area contributed by atoms with E-state index in [0.29, 0.717) is 0 Å². The topological polar surface area (TPSA) is 0 Å². The Morgan fingerprint density at radius 1 is 0.667 bits per heavy atom. The summed E-state index contributed by atoms with van der Waals surface area (Å²) in [7, 11) is 6.64. The molecule has 0 atom stereocenters. The van der Waals surface area contributed by atoms with Crippen molar-refractivity contribution in [1.82, 2.24) is 4.48 Å². The molecule has 0 aliphatic rings. The van der Waals surface area contributed by atoms with Gasteiger partial charge in [-0.1, -0.05) is 36.4 Å². The van der Waals surface area contributed by atoms with Crippen LogP contribution in [-0.4, -0.2) is 21.1 Å². The van der Waals surface area contributed by atoms with Gasteiger partial charge in [-0.05, 0) is 34.4 Å². The summed E-state index contributed by atoms with van der Waals surface area (Å²) in [6.07, 6.45) is 0. The van der Waals surface area contributed by atoms with Crippen LogP contribution in [0.25, 0.3) is 21.5 Å². The predicted molar refractivity (Wildman–Crippen MR) is 81.0 cm³/mol. The smallest absolute Gasteiger partial charge is 0.140 e. The van der Waals surface area contributed by atoms with E-state index >= 15 is 0 Å². The molecule has 0 aliphatic heterocycles. The van der Waals surface area contributed by atoms with Crippen molar-refractivity contribution in [2.45, 2.75) is 0 Å². The molecular formula is C17H18N+. The van der Waals surface area contributed by atoms with Gasteiger partial charge in [0.25, 0.3) is 0 Å². The van der Waals surface area contributed by atoms with Gasteiger partial charge in [0.1, 0.15) is 5.69 Å². The van der Waals surface area contributed by atoms with Crippen molar-refractivity contribution >= 4 is 27.2 Å². The van der Waals surface area contributed by atoms with Crippen LogP contribution in [-0.2, 0) is 0 Å². The first-order valence-electron chi connectivity index (χ1n) is 6.29. The zero-order valence-electron chi connectivity index (χ0n) is 11.1. The minimum atomic E-state index is 0.843. The Labute approximate surface area is 108 Å². The highest BCUT2D eigenvalue weighted by atomic mass is 15.3. The Morgan fingerprint density at radius 3 is 1.94 bits per heavy atom. The number of quaternary nitrogens is 1. The maximum absolute atomic E-state index is 2.31. The maximum Gasteiger partial charge on any atom is 0.140 e. The highest BCUT2D eigenvalue weighted by Gasteiger charge is 2.15. The molecule has 1 nitrogen and oxygen atoms in total. The van der Waals surface area contributed by atoms with Gasteiger partial charge in [-0.25, -0.2) is 0 Å². The number of benzene rings is 3. The van der Waals surface area contributed by atoms with Gasteiger partial charge >= 0.3 is 0 Å². The van der Waals surface area contributed by atoms with Gasteiger partial charge in [-0.3, -0.25) is 4.48 Å². The van der Waals surface area contributed by atoms with Gasteiger partial charge in [0, 0.05) is 5.39 Å². The highest BCUT2D eigenvalue weighted by molar-refractivity contribution is 6.03. The highest BCUT2D eigenvalue weighted by Crippen LogP contribution is 2.31. The lowest BCUT2D eigenvalue weighted by Crippen LogP contribution is -2.34. The van der Waals surface area contributed by atoms with E-state index in [1.54, 1.807) is 0 Å². The van der Waals surface area contributed by atoms with Crippen molar-refractivity contribution in [2.75, 3.05) is 21.1 Å². The van der Waals surface area contributed by atoms with Gasteiger partial charge in [0.2, 0.25) is 0 Å². The number of nitrogens with zero attached hydrogens (tertiary/aromatic N) is 1. The molecule has 0 aromatic heterocycles. The van der Waals surface area contributed by atoms with Crippen LogP contribution < -0.4 is 4.48 Å². The van der Waals surface area contributed by atoms with E-state index in [2.05, 4.69) is 75.7 Å². The first-order valence-corrected chi connectivity index (χ1v) is 6.29. The molecule has 3 aromatic carbocycles. The average Bonchev–Trinajstić information content (AvgIpc) is 2.34. The Bertz CT molecular complexity index is 720. The SMILES string of the molecule is C[N+](C)(C)c1cccc2cc3ccccc3cc12. The summed E-state index contributed by atoms with van der Waals surface area (Å²) in [5.74, 6) is 0. The van der Waals surface area contributed by atoms with Crippen LogP contribution in [0.15, 0.2) is 54.6 Å². The van der Waals surface area contributed by atoms with Crippen molar-refractivity contribution in [1.29, 1.82) is 0 Å². The van der Waals surface area contributed by atoms with Crippen molar-refractivity contribution in [3.8, 4) is 0 Å². The largest absolute Gasteiger partial charge is 0.298 e. The van der Waals surface area contributed by atoms with E-state index in [1.165, 1.54) is 27.2 Å². The third-order valence-electron chi connectivity index (χ3n) is 3.45. The summed E-state index contributed by atoms with van der Waals surface area (Å²) in [6.45, 7) is 0. The van der Waals surface area contributed by atoms with Gasteiger partial charge in [0.15, 0.2) is 0 Å². The lowest BCUT2D eigenvalue weighted by molar-refractivity contribution is 0.490. The van der Waals surface area contributed by atoms with E-state index in [1.807, 2.05) is 0 Å². The Hall–Kier alpha value is -1.86. The first-order chi connectivity index (χ1) is 8.55. The standard InChI is InChI=1S/C17H18N/c1-18(2,3)17-10-6-9-15-11-13-7-4-5-8-14(13)12-16(15)17/h4-12H,1-3H3/q+1. The number of hydrogen-bond acceptors (Lipinski definition) is 0. The number of rotatable bonds is 1. The minimum Gasteiger partial charge on any atom is -0.298 e. The van der Waals surface area contributed by atoms with Crippen LogP contribution in [0.5, 0.6) is 0 Å². The van der Waals surface area contributed by atoms with Crippen LogP contribution >= 0.6 is 0 Å². The fourth-order valence-electron chi connectivity index (χ4n) is 2.54. The summed E-state index contributed by atoms with van der Waals surface area (Å²) < 4.78 is 0.843. The number of fused-ring (bicyclic) bond motifs is 2. The molecule has 0 N–H and O–H groups in total. The molecule has 0 aliphatic carbocycles. The predicted octanol–water partition coefficient (Wildman–Crippen LogP) is 4.19. The lowest BCUT2D eigenvalue weighted by Gasteiger charge is -2.25. The van der Waals surface area contributed by atoms with E-state index in [0.717, 1.165) is 4.48 Å². The van der Waals surface area contributed by atoms with Crippen LogP contribution in [0.1, 0.15) is 0 Å². The van der Waals surface area contributed by atoms with Crippen LogP contribution in [0.3, 0.4) is 0 Å². The van der Waals surface area contributed by atoms with E-state index in [4.69, 9.17) is 0 Å². The summed E-state index contributed by atoms with van der Waals surface area (Å²) in [5.41, 5.74) is 1.36. The summed E-state index contributed by atoms with van der Waals surface area (Å²) >= 11 is 0. The Balaban J connectivity index is 2.44. The fraction of sp³-hybridized carbons (Fsp3) is 0.176. The molecule has 0 unspecified atom stereocenters. The van der Waals surface area contributed by atoms with E-state index in [-0.39, 0.29) is 0 Å². The first kappa shape index (κ1) is 11.2.